The molecule has 0 amide bonds. The molecule has 0 aliphatic carbocycles. The molecule has 1 aromatic heterocycles. The molecule has 2 heterocycles. The highest BCUT2D eigenvalue weighted by Gasteiger charge is 2.39. The number of sulfonamides is 1. The Kier molecular flexibility index (Phi) is 3.99. The van der Waals surface area contributed by atoms with Crippen LogP contribution in [0.1, 0.15) is 20.3 Å². The van der Waals surface area contributed by atoms with Crippen molar-refractivity contribution in [1.82, 2.24) is 13.9 Å². The molecule has 1 saturated heterocycles. The first-order valence-electron chi connectivity index (χ1n) is 6.10. The maximum Gasteiger partial charge on any atom is 0.262 e. The van der Waals surface area contributed by atoms with Gasteiger partial charge in [0.15, 0.2) is 5.03 Å². The van der Waals surface area contributed by atoms with E-state index in [0.29, 0.717) is 24.9 Å². The van der Waals surface area contributed by atoms with Gasteiger partial charge >= 0.3 is 0 Å². The number of aryl methyl sites for hydroxylation is 1. The topological polar surface area (TPSA) is 55.2 Å². The van der Waals surface area contributed by atoms with Crippen LogP contribution in [0.25, 0.3) is 0 Å². The maximum absolute atomic E-state index is 12.5. The Morgan fingerprint density at radius 1 is 1.56 bits per heavy atom. The van der Waals surface area contributed by atoms with Crippen molar-refractivity contribution in [2.45, 2.75) is 37.9 Å². The first kappa shape index (κ1) is 13.8. The van der Waals surface area contributed by atoms with E-state index in [1.807, 2.05) is 13.8 Å². The third-order valence-corrected chi connectivity index (χ3v) is 5.66. The lowest BCUT2D eigenvalue weighted by molar-refractivity contribution is 0.374. The van der Waals surface area contributed by atoms with Gasteiger partial charge in [-0.05, 0) is 19.3 Å². The molecule has 0 saturated carbocycles. The summed E-state index contributed by atoms with van der Waals surface area (Å²) in [6.45, 7) is 5.21. The fourth-order valence-corrected chi connectivity index (χ4v) is 4.49. The van der Waals surface area contributed by atoms with Gasteiger partial charge in [-0.1, -0.05) is 6.92 Å². The number of aromatic nitrogens is 2. The minimum atomic E-state index is -3.51. The van der Waals surface area contributed by atoms with Crippen molar-refractivity contribution in [3.05, 3.63) is 12.5 Å². The summed E-state index contributed by atoms with van der Waals surface area (Å²) in [7, 11) is -3.51. The van der Waals surface area contributed by atoms with Gasteiger partial charge in [0.2, 0.25) is 0 Å². The predicted molar refractivity (Wildman–Crippen MR) is 70.1 cm³/mol. The van der Waals surface area contributed by atoms with Gasteiger partial charge in [0.25, 0.3) is 10.0 Å². The molecule has 102 valence electrons. The Hall–Kier alpha value is -0.590. The highest BCUT2D eigenvalue weighted by Crippen LogP contribution is 2.30. The van der Waals surface area contributed by atoms with Gasteiger partial charge in [-0.25, -0.2) is 13.4 Å². The zero-order valence-corrected chi connectivity index (χ0v) is 12.2. The van der Waals surface area contributed by atoms with Crippen molar-refractivity contribution < 1.29 is 8.42 Å². The molecule has 1 aliphatic heterocycles. The molecule has 0 bridgehead atoms. The number of imidazole rings is 1. The van der Waals surface area contributed by atoms with E-state index in [-0.39, 0.29) is 11.1 Å². The molecule has 1 fully saturated rings. The fraction of sp³-hybridized carbons (Fsp3) is 0.727. The summed E-state index contributed by atoms with van der Waals surface area (Å²) in [5.74, 6) is 0.625. The molecule has 0 radical (unpaired) electrons. The molecule has 1 aliphatic rings. The maximum atomic E-state index is 12.5. The summed E-state index contributed by atoms with van der Waals surface area (Å²) >= 11 is 5.89. The zero-order valence-electron chi connectivity index (χ0n) is 10.6. The fourth-order valence-electron chi connectivity index (χ4n) is 2.27. The Balaban J connectivity index is 2.31. The number of alkyl halides is 1. The van der Waals surface area contributed by atoms with Crippen molar-refractivity contribution >= 4 is 21.6 Å². The van der Waals surface area contributed by atoms with Gasteiger partial charge in [-0.3, -0.25) is 0 Å². The van der Waals surface area contributed by atoms with Crippen LogP contribution in [0, 0.1) is 5.92 Å². The zero-order chi connectivity index (χ0) is 13.3. The smallest absolute Gasteiger partial charge is 0.262 e. The summed E-state index contributed by atoms with van der Waals surface area (Å²) in [6.07, 6.45) is 3.97. The minimum absolute atomic E-state index is 0.119. The molecule has 1 aromatic rings. The van der Waals surface area contributed by atoms with Gasteiger partial charge < -0.3 is 4.57 Å². The molecule has 0 N–H and O–H groups in total. The normalized spacial score (nSPS) is 25.7. The minimum Gasteiger partial charge on any atom is -0.336 e. The van der Waals surface area contributed by atoms with Gasteiger partial charge in [-0.2, -0.15) is 4.31 Å². The Labute approximate surface area is 113 Å². The molecule has 0 aromatic carbocycles. The van der Waals surface area contributed by atoms with Crippen LogP contribution in [-0.2, 0) is 16.6 Å². The highest BCUT2D eigenvalue weighted by molar-refractivity contribution is 7.89. The standard InChI is InChI=1S/C11H18ClN3O2S/c1-3-14-7-11(13-8-14)18(16,17)15-5-4-9(2)10(15)6-12/h7-10H,3-6H2,1-2H3. The van der Waals surface area contributed by atoms with Crippen molar-refractivity contribution in [2.24, 2.45) is 5.92 Å². The van der Waals surface area contributed by atoms with Crippen LogP contribution in [0.2, 0.25) is 0 Å². The first-order chi connectivity index (χ1) is 8.50. The number of rotatable bonds is 4. The summed E-state index contributed by atoms with van der Waals surface area (Å²) in [5.41, 5.74) is 0. The van der Waals surface area contributed by atoms with Crippen LogP contribution in [0.15, 0.2) is 17.6 Å². The molecule has 0 spiro atoms. The molecular formula is C11H18ClN3O2S. The third kappa shape index (κ3) is 2.29. The van der Waals surface area contributed by atoms with E-state index in [9.17, 15) is 8.42 Å². The first-order valence-corrected chi connectivity index (χ1v) is 8.07. The SMILES string of the molecule is CCn1cnc(S(=O)(=O)N2CCC(C)C2CCl)c1. The molecule has 2 unspecified atom stereocenters. The van der Waals surface area contributed by atoms with Gasteiger partial charge in [-0.15, -0.1) is 11.6 Å². The average Bonchev–Trinajstić information content (AvgIpc) is 2.95. The van der Waals surface area contributed by atoms with Crippen LogP contribution in [0.3, 0.4) is 0 Å². The molecule has 2 atom stereocenters. The molecule has 2 rings (SSSR count). The molecular weight excluding hydrogens is 274 g/mol. The number of halogens is 1. The Morgan fingerprint density at radius 2 is 2.28 bits per heavy atom. The van der Waals surface area contributed by atoms with Crippen molar-refractivity contribution in [1.29, 1.82) is 0 Å². The van der Waals surface area contributed by atoms with E-state index in [1.165, 1.54) is 4.31 Å². The number of hydrogen-bond acceptors (Lipinski definition) is 3. The van der Waals surface area contributed by atoms with E-state index < -0.39 is 10.0 Å². The predicted octanol–water partition coefficient (Wildman–Crippen LogP) is 1.54. The van der Waals surface area contributed by atoms with E-state index in [0.717, 1.165) is 6.42 Å². The monoisotopic (exact) mass is 291 g/mol. The second-order valence-corrected chi connectivity index (χ2v) is 6.79. The van der Waals surface area contributed by atoms with Gasteiger partial charge in [0.05, 0.1) is 6.33 Å². The van der Waals surface area contributed by atoms with Crippen LogP contribution in [0.4, 0.5) is 0 Å². The quantitative estimate of drug-likeness (QED) is 0.791. The molecule has 7 heteroatoms. The van der Waals surface area contributed by atoms with Crippen LogP contribution < -0.4 is 0 Å². The van der Waals surface area contributed by atoms with E-state index in [4.69, 9.17) is 11.6 Å². The van der Waals surface area contributed by atoms with Gasteiger partial charge in [0.1, 0.15) is 0 Å². The van der Waals surface area contributed by atoms with Crippen LogP contribution in [-0.4, -0.2) is 40.7 Å². The highest BCUT2D eigenvalue weighted by atomic mass is 35.5. The third-order valence-electron chi connectivity index (χ3n) is 3.54. The second-order valence-electron chi connectivity index (χ2n) is 4.65. The average molecular weight is 292 g/mol. The Morgan fingerprint density at radius 3 is 2.83 bits per heavy atom. The van der Waals surface area contributed by atoms with E-state index in [2.05, 4.69) is 4.98 Å². The van der Waals surface area contributed by atoms with Crippen LogP contribution >= 0.6 is 11.6 Å². The number of hydrogen-bond donors (Lipinski definition) is 0. The second kappa shape index (κ2) is 5.19. The van der Waals surface area contributed by atoms with E-state index >= 15 is 0 Å². The van der Waals surface area contributed by atoms with Crippen molar-refractivity contribution in [2.75, 3.05) is 12.4 Å². The van der Waals surface area contributed by atoms with E-state index in [1.54, 1.807) is 17.1 Å². The molecule has 5 nitrogen and oxygen atoms in total. The summed E-state index contributed by atoms with van der Waals surface area (Å²) in [6, 6.07) is -0.122. The lowest BCUT2D eigenvalue weighted by atomic mass is 10.1. The lowest BCUT2D eigenvalue weighted by Gasteiger charge is -2.23. The summed E-state index contributed by atoms with van der Waals surface area (Å²) in [5, 5.41) is 0.119. The number of nitrogens with zero attached hydrogens (tertiary/aromatic N) is 3. The van der Waals surface area contributed by atoms with Crippen LogP contribution in [0.5, 0.6) is 0 Å². The van der Waals surface area contributed by atoms with Crippen molar-refractivity contribution in [3.8, 4) is 0 Å². The Bertz CT molecular complexity index is 514. The van der Waals surface area contributed by atoms with Gasteiger partial charge in [0, 0.05) is 31.2 Å². The van der Waals surface area contributed by atoms with Crippen molar-refractivity contribution in [3.63, 3.8) is 0 Å². The molecule has 18 heavy (non-hydrogen) atoms. The summed E-state index contributed by atoms with van der Waals surface area (Å²) in [4.78, 5) is 3.99. The lowest BCUT2D eigenvalue weighted by Crippen LogP contribution is -2.38. The largest absolute Gasteiger partial charge is 0.336 e. The summed E-state index contributed by atoms with van der Waals surface area (Å²) < 4.78 is 28.2.